The Kier molecular flexibility index (Phi) is 8.17. The number of nitrogens with one attached hydrogen (secondary N) is 1. The van der Waals surface area contributed by atoms with E-state index >= 15 is 0 Å². The largest absolute Gasteiger partial charge is 0.491 e. The van der Waals surface area contributed by atoms with Gasteiger partial charge in [0.2, 0.25) is 15.9 Å². The summed E-state index contributed by atoms with van der Waals surface area (Å²) in [4.78, 5) is 12.7. The molecule has 0 spiro atoms. The highest BCUT2D eigenvalue weighted by Crippen LogP contribution is 2.27. The molecule has 0 radical (unpaired) electrons. The van der Waals surface area contributed by atoms with E-state index in [1.165, 1.54) is 0 Å². The number of benzene rings is 3. The molecule has 0 unspecified atom stereocenters. The van der Waals surface area contributed by atoms with Crippen LogP contribution in [0.4, 0.5) is 5.69 Å². The van der Waals surface area contributed by atoms with Gasteiger partial charge in [-0.2, -0.15) is 0 Å². The number of anilines is 1. The molecule has 0 aliphatic carbocycles. The fourth-order valence-electron chi connectivity index (χ4n) is 3.44. The Balaban J connectivity index is 1.62. The molecule has 34 heavy (non-hydrogen) atoms. The smallest absolute Gasteiger partial charge is 0.243 e. The van der Waals surface area contributed by atoms with Crippen LogP contribution in [0, 0.1) is 13.8 Å². The number of rotatable bonds is 10. The van der Waals surface area contributed by atoms with E-state index in [0.717, 1.165) is 27.4 Å². The van der Waals surface area contributed by atoms with E-state index in [2.05, 4.69) is 5.32 Å². The first-order chi connectivity index (χ1) is 16.1. The van der Waals surface area contributed by atoms with E-state index in [0.29, 0.717) is 17.2 Å². The second kappa shape index (κ2) is 11.1. The lowest BCUT2D eigenvalue weighted by atomic mass is 10.1. The molecule has 0 heterocycles. The van der Waals surface area contributed by atoms with Gasteiger partial charge in [-0.05, 0) is 74.4 Å². The maximum Gasteiger partial charge on any atom is 0.243 e. The number of aryl methyl sites for hydroxylation is 2. The molecule has 1 N–H and O–H groups in total. The van der Waals surface area contributed by atoms with Crippen LogP contribution in [0.5, 0.6) is 17.2 Å². The second-order valence-corrected chi connectivity index (χ2v) is 9.91. The van der Waals surface area contributed by atoms with Crippen LogP contribution < -0.4 is 19.1 Å². The Hall–Kier alpha value is -3.52. The number of nitrogens with zero attached hydrogens (tertiary/aromatic N) is 1. The van der Waals surface area contributed by atoms with Crippen LogP contribution in [0.15, 0.2) is 72.8 Å². The van der Waals surface area contributed by atoms with Crippen LogP contribution in [-0.4, -0.2) is 39.8 Å². The van der Waals surface area contributed by atoms with Gasteiger partial charge in [-0.15, -0.1) is 0 Å². The molecule has 3 aromatic carbocycles. The van der Waals surface area contributed by atoms with Gasteiger partial charge in [0.15, 0.2) is 0 Å². The van der Waals surface area contributed by atoms with Gasteiger partial charge in [0.05, 0.1) is 18.5 Å². The minimum absolute atomic E-state index is 0.248. The SMILES string of the molecule is Cc1ccc(C)c(OCCNC(=O)[C@@H](C)N(c2ccc(Oc3ccccc3)cc2)S(C)(=O)=O)c1. The molecule has 0 bridgehead atoms. The number of carbonyl (C=O) groups is 1. The molecule has 0 fully saturated rings. The fourth-order valence-corrected chi connectivity index (χ4v) is 4.62. The van der Waals surface area contributed by atoms with Crippen molar-refractivity contribution < 1.29 is 22.7 Å². The molecular weight excluding hydrogens is 452 g/mol. The quantitative estimate of drug-likeness (QED) is 0.432. The molecule has 1 amide bonds. The van der Waals surface area contributed by atoms with Gasteiger partial charge in [0.25, 0.3) is 0 Å². The topological polar surface area (TPSA) is 84.9 Å². The van der Waals surface area contributed by atoms with Crippen molar-refractivity contribution >= 4 is 21.6 Å². The van der Waals surface area contributed by atoms with Crippen molar-refractivity contribution in [1.29, 1.82) is 0 Å². The number of hydrogen-bond acceptors (Lipinski definition) is 5. The number of sulfonamides is 1. The van der Waals surface area contributed by atoms with Gasteiger partial charge in [-0.3, -0.25) is 9.10 Å². The van der Waals surface area contributed by atoms with E-state index in [9.17, 15) is 13.2 Å². The summed E-state index contributed by atoms with van der Waals surface area (Å²) in [5.74, 6) is 1.58. The fraction of sp³-hybridized carbons (Fsp3) is 0.269. The second-order valence-electron chi connectivity index (χ2n) is 8.05. The number of amides is 1. The van der Waals surface area contributed by atoms with Gasteiger partial charge < -0.3 is 14.8 Å². The van der Waals surface area contributed by atoms with Crippen LogP contribution in [0.25, 0.3) is 0 Å². The number of ether oxygens (including phenoxy) is 2. The van der Waals surface area contributed by atoms with E-state index in [-0.39, 0.29) is 13.2 Å². The van der Waals surface area contributed by atoms with Crippen molar-refractivity contribution in [2.45, 2.75) is 26.8 Å². The molecule has 7 nitrogen and oxygen atoms in total. The standard InChI is InChI=1S/C26H30N2O5S/c1-19-10-11-20(2)25(18-19)32-17-16-27-26(29)21(3)28(34(4,30)31)22-12-14-24(15-13-22)33-23-8-6-5-7-9-23/h5-15,18,21H,16-17H2,1-4H3,(H,27,29)/t21-/m1/s1. The summed E-state index contributed by atoms with van der Waals surface area (Å²) >= 11 is 0. The monoisotopic (exact) mass is 482 g/mol. The molecule has 0 aliphatic heterocycles. The summed E-state index contributed by atoms with van der Waals surface area (Å²) in [5.41, 5.74) is 2.47. The zero-order valence-corrected chi connectivity index (χ0v) is 20.6. The first-order valence-electron chi connectivity index (χ1n) is 11.0. The summed E-state index contributed by atoms with van der Waals surface area (Å²) in [6.07, 6.45) is 1.08. The third-order valence-electron chi connectivity index (χ3n) is 5.16. The van der Waals surface area contributed by atoms with E-state index in [4.69, 9.17) is 9.47 Å². The van der Waals surface area contributed by atoms with E-state index in [1.54, 1.807) is 31.2 Å². The number of para-hydroxylation sites is 1. The first-order valence-corrected chi connectivity index (χ1v) is 12.8. The lowest BCUT2D eigenvalue weighted by Gasteiger charge is -2.28. The highest BCUT2D eigenvalue weighted by atomic mass is 32.2. The van der Waals surface area contributed by atoms with E-state index < -0.39 is 22.0 Å². The van der Waals surface area contributed by atoms with Crippen molar-refractivity contribution in [3.63, 3.8) is 0 Å². The van der Waals surface area contributed by atoms with Gasteiger partial charge >= 0.3 is 0 Å². The Bertz CT molecular complexity index is 1210. The summed E-state index contributed by atoms with van der Waals surface area (Å²) < 4.78 is 37.7. The van der Waals surface area contributed by atoms with Gasteiger partial charge in [0, 0.05) is 0 Å². The minimum atomic E-state index is -3.72. The molecule has 0 saturated heterocycles. The third kappa shape index (κ3) is 6.74. The average Bonchev–Trinajstić information content (AvgIpc) is 2.79. The Morgan fingerprint density at radius 2 is 1.62 bits per heavy atom. The van der Waals surface area contributed by atoms with Crippen LogP contribution in [-0.2, 0) is 14.8 Å². The van der Waals surface area contributed by atoms with E-state index in [1.807, 2.05) is 62.4 Å². The van der Waals surface area contributed by atoms with Crippen molar-refractivity contribution in [1.82, 2.24) is 5.32 Å². The maximum atomic E-state index is 12.7. The van der Waals surface area contributed by atoms with Crippen molar-refractivity contribution in [2.24, 2.45) is 0 Å². The summed E-state index contributed by atoms with van der Waals surface area (Å²) in [7, 11) is -3.72. The first kappa shape index (κ1) is 25.1. The van der Waals surface area contributed by atoms with Crippen LogP contribution in [0.1, 0.15) is 18.1 Å². The molecule has 8 heteroatoms. The van der Waals surface area contributed by atoms with Crippen molar-refractivity contribution in [3.8, 4) is 17.2 Å². The van der Waals surface area contributed by atoms with Crippen LogP contribution in [0.2, 0.25) is 0 Å². The highest BCUT2D eigenvalue weighted by Gasteiger charge is 2.29. The summed E-state index contributed by atoms with van der Waals surface area (Å²) in [5, 5.41) is 2.76. The highest BCUT2D eigenvalue weighted by molar-refractivity contribution is 7.92. The lowest BCUT2D eigenvalue weighted by molar-refractivity contribution is -0.121. The molecule has 180 valence electrons. The normalized spacial score (nSPS) is 12.0. The minimum Gasteiger partial charge on any atom is -0.491 e. The lowest BCUT2D eigenvalue weighted by Crippen LogP contribution is -2.48. The summed E-state index contributed by atoms with van der Waals surface area (Å²) in [6.45, 7) is 6.01. The van der Waals surface area contributed by atoms with Crippen molar-refractivity contribution in [2.75, 3.05) is 23.7 Å². The molecule has 0 aliphatic rings. The van der Waals surface area contributed by atoms with Gasteiger partial charge in [0.1, 0.15) is 29.9 Å². The molecule has 0 saturated carbocycles. The predicted molar refractivity (Wildman–Crippen MR) is 134 cm³/mol. The Morgan fingerprint density at radius 1 is 0.971 bits per heavy atom. The molecule has 1 atom stereocenters. The van der Waals surface area contributed by atoms with Crippen LogP contribution >= 0.6 is 0 Å². The third-order valence-corrected chi connectivity index (χ3v) is 6.40. The van der Waals surface area contributed by atoms with Crippen LogP contribution in [0.3, 0.4) is 0 Å². The molecule has 0 aromatic heterocycles. The van der Waals surface area contributed by atoms with Gasteiger partial charge in [-0.1, -0.05) is 30.3 Å². The Morgan fingerprint density at radius 3 is 2.26 bits per heavy atom. The maximum absolute atomic E-state index is 12.7. The summed E-state index contributed by atoms with van der Waals surface area (Å²) in [6, 6.07) is 20.8. The Labute approximate surface area is 201 Å². The zero-order chi connectivity index (χ0) is 24.7. The zero-order valence-electron chi connectivity index (χ0n) is 19.8. The predicted octanol–water partition coefficient (Wildman–Crippen LogP) is 4.45. The number of carbonyl (C=O) groups excluding carboxylic acids is 1. The number of hydrogen-bond donors (Lipinski definition) is 1. The van der Waals surface area contributed by atoms with Gasteiger partial charge in [-0.25, -0.2) is 8.42 Å². The molecular formula is C26H30N2O5S. The molecule has 3 rings (SSSR count). The average molecular weight is 483 g/mol. The molecule has 3 aromatic rings. The van der Waals surface area contributed by atoms with Crippen molar-refractivity contribution in [3.05, 3.63) is 83.9 Å².